The molecule has 0 saturated heterocycles. The van der Waals surface area contributed by atoms with Crippen LogP contribution in [0.15, 0.2) is 18.3 Å². The van der Waals surface area contributed by atoms with Crippen LogP contribution in [0, 0.1) is 5.92 Å². The number of carbonyl (C=O) groups is 1. The molecule has 1 aliphatic carbocycles. The lowest BCUT2D eigenvalue weighted by molar-refractivity contribution is 0.0565. The first-order chi connectivity index (χ1) is 10.1. The molecule has 1 aliphatic rings. The van der Waals surface area contributed by atoms with E-state index in [2.05, 4.69) is 10.3 Å². The standard InChI is InChI=1S/C15H22ClN3O2/c1-19(10-12-4-2-3-5-13(12)20)15(21)18-9-11-6-7-14(16)17-8-11/h6-8,12-13,20H,2-5,9-10H2,1H3,(H,18,21). The van der Waals surface area contributed by atoms with Gasteiger partial charge in [0, 0.05) is 32.3 Å². The zero-order chi connectivity index (χ0) is 15.2. The van der Waals surface area contributed by atoms with Crippen LogP contribution in [-0.2, 0) is 6.54 Å². The van der Waals surface area contributed by atoms with Crippen molar-refractivity contribution >= 4 is 17.6 Å². The molecule has 1 fully saturated rings. The predicted molar refractivity (Wildman–Crippen MR) is 82.1 cm³/mol. The highest BCUT2D eigenvalue weighted by Gasteiger charge is 2.25. The van der Waals surface area contributed by atoms with E-state index in [0.717, 1.165) is 31.2 Å². The fourth-order valence-corrected chi connectivity index (χ4v) is 2.77. The van der Waals surface area contributed by atoms with Crippen molar-refractivity contribution in [1.29, 1.82) is 0 Å². The molecule has 2 amide bonds. The lowest BCUT2D eigenvalue weighted by atomic mass is 9.86. The number of hydrogen-bond donors (Lipinski definition) is 2. The van der Waals surface area contributed by atoms with Crippen LogP contribution in [0.3, 0.4) is 0 Å². The van der Waals surface area contributed by atoms with Crippen LogP contribution >= 0.6 is 11.6 Å². The summed E-state index contributed by atoms with van der Waals surface area (Å²) in [7, 11) is 1.76. The molecule has 0 bridgehead atoms. The third-order valence-corrected chi connectivity index (χ3v) is 4.18. The number of amides is 2. The van der Waals surface area contributed by atoms with Gasteiger partial charge in [0.25, 0.3) is 0 Å². The fourth-order valence-electron chi connectivity index (χ4n) is 2.66. The van der Waals surface area contributed by atoms with E-state index in [1.165, 1.54) is 0 Å². The van der Waals surface area contributed by atoms with Crippen molar-refractivity contribution in [2.75, 3.05) is 13.6 Å². The second-order valence-corrected chi connectivity index (χ2v) is 6.03. The van der Waals surface area contributed by atoms with Crippen LogP contribution in [0.2, 0.25) is 5.15 Å². The van der Waals surface area contributed by atoms with Gasteiger partial charge in [0.15, 0.2) is 0 Å². The van der Waals surface area contributed by atoms with Gasteiger partial charge in [-0.2, -0.15) is 0 Å². The van der Waals surface area contributed by atoms with E-state index in [0.29, 0.717) is 18.2 Å². The van der Waals surface area contributed by atoms with Crippen molar-refractivity contribution in [2.45, 2.75) is 38.3 Å². The number of halogens is 1. The van der Waals surface area contributed by atoms with Crippen molar-refractivity contribution in [3.8, 4) is 0 Å². The van der Waals surface area contributed by atoms with Gasteiger partial charge in [-0.25, -0.2) is 9.78 Å². The van der Waals surface area contributed by atoms with Gasteiger partial charge in [-0.3, -0.25) is 0 Å². The Morgan fingerprint density at radius 3 is 2.90 bits per heavy atom. The summed E-state index contributed by atoms with van der Waals surface area (Å²) in [6.07, 6.45) is 5.41. The molecule has 6 heteroatoms. The molecular weight excluding hydrogens is 290 g/mol. The summed E-state index contributed by atoms with van der Waals surface area (Å²) >= 11 is 5.72. The Kier molecular flexibility index (Phi) is 5.82. The lowest BCUT2D eigenvalue weighted by Gasteiger charge is -2.31. The van der Waals surface area contributed by atoms with Gasteiger partial charge in [0.1, 0.15) is 5.15 Å². The molecule has 116 valence electrons. The van der Waals surface area contributed by atoms with E-state index >= 15 is 0 Å². The Balaban J connectivity index is 1.78. The van der Waals surface area contributed by atoms with E-state index < -0.39 is 0 Å². The van der Waals surface area contributed by atoms with E-state index in [1.807, 2.05) is 6.07 Å². The number of rotatable bonds is 4. The first-order valence-electron chi connectivity index (χ1n) is 7.33. The van der Waals surface area contributed by atoms with Gasteiger partial charge in [-0.15, -0.1) is 0 Å². The first kappa shape index (κ1) is 16.0. The van der Waals surface area contributed by atoms with E-state index in [1.54, 1.807) is 24.2 Å². The molecule has 0 aromatic carbocycles. The highest BCUT2D eigenvalue weighted by molar-refractivity contribution is 6.29. The van der Waals surface area contributed by atoms with Gasteiger partial charge in [-0.1, -0.05) is 30.5 Å². The minimum Gasteiger partial charge on any atom is -0.393 e. The van der Waals surface area contributed by atoms with Crippen LogP contribution < -0.4 is 5.32 Å². The molecule has 1 aromatic rings. The SMILES string of the molecule is CN(CC1CCCCC1O)C(=O)NCc1ccc(Cl)nc1. The quantitative estimate of drug-likeness (QED) is 0.839. The molecule has 5 nitrogen and oxygen atoms in total. The maximum absolute atomic E-state index is 12.1. The second kappa shape index (κ2) is 7.61. The van der Waals surface area contributed by atoms with E-state index in [9.17, 15) is 9.90 Å². The third-order valence-electron chi connectivity index (χ3n) is 3.96. The summed E-state index contributed by atoms with van der Waals surface area (Å²) < 4.78 is 0. The van der Waals surface area contributed by atoms with Crippen molar-refractivity contribution in [2.24, 2.45) is 5.92 Å². The van der Waals surface area contributed by atoms with Gasteiger partial charge in [0.05, 0.1) is 6.10 Å². The number of hydrogen-bond acceptors (Lipinski definition) is 3. The minimum absolute atomic E-state index is 0.136. The number of carbonyl (C=O) groups excluding carboxylic acids is 1. The Bertz CT molecular complexity index is 466. The Labute approximate surface area is 130 Å². The summed E-state index contributed by atoms with van der Waals surface area (Å²) in [5.74, 6) is 0.187. The summed E-state index contributed by atoms with van der Waals surface area (Å²) in [6, 6.07) is 3.40. The summed E-state index contributed by atoms with van der Waals surface area (Å²) in [6.45, 7) is 1.01. The number of aromatic nitrogens is 1. The van der Waals surface area contributed by atoms with Crippen molar-refractivity contribution in [1.82, 2.24) is 15.2 Å². The van der Waals surface area contributed by atoms with Crippen LogP contribution in [0.5, 0.6) is 0 Å². The average molecular weight is 312 g/mol. The Morgan fingerprint density at radius 2 is 2.24 bits per heavy atom. The maximum Gasteiger partial charge on any atom is 0.317 e. The maximum atomic E-state index is 12.1. The number of urea groups is 1. The number of nitrogens with zero attached hydrogens (tertiary/aromatic N) is 2. The van der Waals surface area contributed by atoms with E-state index in [4.69, 9.17) is 11.6 Å². The molecule has 1 aromatic heterocycles. The number of aliphatic hydroxyl groups is 1. The van der Waals surface area contributed by atoms with Crippen molar-refractivity contribution in [3.05, 3.63) is 29.0 Å². The minimum atomic E-state index is -0.283. The topological polar surface area (TPSA) is 65.5 Å². The number of pyridine rings is 1. The molecule has 0 radical (unpaired) electrons. The zero-order valence-corrected chi connectivity index (χ0v) is 13.0. The third kappa shape index (κ3) is 4.86. The Hall–Kier alpha value is -1.33. The van der Waals surface area contributed by atoms with E-state index in [-0.39, 0.29) is 18.1 Å². The normalized spacial score (nSPS) is 21.9. The molecule has 2 N–H and O–H groups in total. The molecule has 2 atom stereocenters. The summed E-state index contributed by atoms with van der Waals surface area (Å²) in [4.78, 5) is 17.7. The van der Waals surface area contributed by atoms with Gasteiger partial charge in [-0.05, 0) is 24.5 Å². The van der Waals surface area contributed by atoms with Gasteiger partial charge in [0.2, 0.25) is 0 Å². The smallest absolute Gasteiger partial charge is 0.317 e. The van der Waals surface area contributed by atoms with Gasteiger partial charge >= 0.3 is 6.03 Å². The largest absolute Gasteiger partial charge is 0.393 e. The summed E-state index contributed by atoms with van der Waals surface area (Å²) in [5.41, 5.74) is 0.902. The van der Waals surface area contributed by atoms with Crippen molar-refractivity contribution in [3.63, 3.8) is 0 Å². The number of aliphatic hydroxyl groups excluding tert-OH is 1. The molecule has 0 spiro atoms. The van der Waals surface area contributed by atoms with Crippen molar-refractivity contribution < 1.29 is 9.90 Å². The first-order valence-corrected chi connectivity index (χ1v) is 7.71. The van der Waals surface area contributed by atoms with Crippen LogP contribution in [0.1, 0.15) is 31.2 Å². The molecule has 21 heavy (non-hydrogen) atoms. The highest BCUT2D eigenvalue weighted by atomic mass is 35.5. The molecular formula is C15H22ClN3O2. The highest BCUT2D eigenvalue weighted by Crippen LogP contribution is 2.24. The molecule has 2 rings (SSSR count). The van der Waals surface area contributed by atoms with Crippen LogP contribution in [-0.4, -0.2) is 40.7 Å². The van der Waals surface area contributed by atoms with Gasteiger partial charge < -0.3 is 15.3 Å². The fraction of sp³-hybridized carbons (Fsp3) is 0.600. The molecule has 2 unspecified atom stereocenters. The van der Waals surface area contributed by atoms with Crippen LogP contribution in [0.4, 0.5) is 4.79 Å². The second-order valence-electron chi connectivity index (χ2n) is 5.64. The monoisotopic (exact) mass is 311 g/mol. The predicted octanol–water partition coefficient (Wildman–Crippen LogP) is 2.43. The molecule has 0 aliphatic heterocycles. The zero-order valence-electron chi connectivity index (χ0n) is 12.3. The number of nitrogens with one attached hydrogen (secondary N) is 1. The summed E-state index contributed by atoms with van der Waals surface area (Å²) in [5, 5.41) is 13.2. The Morgan fingerprint density at radius 1 is 1.48 bits per heavy atom. The average Bonchev–Trinajstić information content (AvgIpc) is 2.48. The van der Waals surface area contributed by atoms with Crippen LogP contribution in [0.25, 0.3) is 0 Å². The molecule has 1 heterocycles. The molecule has 1 saturated carbocycles. The lowest BCUT2D eigenvalue weighted by Crippen LogP contribution is -2.42.